The summed E-state index contributed by atoms with van der Waals surface area (Å²) in [5.74, 6) is -1.54. The minimum atomic E-state index is -1.04. The largest absolute Gasteiger partial charge is 0.493 e. The molecule has 0 atom stereocenters. The van der Waals surface area contributed by atoms with Gasteiger partial charge in [0.15, 0.2) is 0 Å². The standard InChI is InChI=1S/C33H29N3O6S/c1-2-42-29-11-7-6-10-24(29)20-28(36-31(38)22-8-4-3-5-9-22)32(39)35-26-16-18-27(19-17-26)43-21-30(37)34-25-14-12-23(13-15-25)33(40)41/h3-20H,2,21H2,1H3,(H,34,37)(H,35,39)(H,36,38)(H,40,41)/b28-20-. The summed E-state index contributed by atoms with van der Waals surface area (Å²) < 4.78 is 5.68. The second-order valence-corrected chi connectivity index (χ2v) is 10.1. The molecule has 0 aliphatic heterocycles. The lowest BCUT2D eigenvalue weighted by Gasteiger charge is -2.13. The Morgan fingerprint density at radius 3 is 2.07 bits per heavy atom. The van der Waals surface area contributed by atoms with Crippen LogP contribution in [0.25, 0.3) is 6.08 Å². The lowest BCUT2D eigenvalue weighted by Crippen LogP contribution is -2.30. The fraction of sp³-hybridized carbons (Fsp3) is 0.0909. The topological polar surface area (TPSA) is 134 Å². The van der Waals surface area contributed by atoms with Crippen LogP contribution in [-0.2, 0) is 9.59 Å². The van der Waals surface area contributed by atoms with Gasteiger partial charge in [0.2, 0.25) is 5.91 Å². The quantitative estimate of drug-likeness (QED) is 0.118. The lowest BCUT2D eigenvalue weighted by atomic mass is 10.1. The molecular weight excluding hydrogens is 566 g/mol. The Balaban J connectivity index is 1.41. The minimum absolute atomic E-state index is 0.0347. The van der Waals surface area contributed by atoms with Crippen LogP contribution < -0.4 is 20.7 Å². The average molecular weight is 596 g/mol. The highest BCUT2D eigenvalue weighted by molar-refractivity contribution is 8.00. The van der Waals surface area contributed by atoms with Crippen molar-refractivity contribution in [1.29, 1.82) is 0 Å². The molecular formula is C33H29N3O6S. The third kappa shape index (κ3) is 9.07. The Labute approximate surface area is 253 Å². The smallest absolute Gasteiger partial charge is 0.335 e. The minimum Gasteiger partial charge on any atom is -0.493 e. The Hall–Kier alpha value is -5.35. The van der Waals surface area contributed by atoms with E-state index in [9.17, 15) is 19.2 Å². The van der Waals surface area contributed by atoms with E-state index >= 15 is 0 Å². The summed E-state index contributed by atoms with van der Waals surface area (Å²) in [4.78, 5) is 50.4. The van der Waals surface area contributed by atoms with Crippen LogP contribution in [0, 0.1) is 0 Å². The highest BCUT2D eigenvalue weighted by Gasteiger charge is 2.16. The van der Waals surface area contributed by atoms with Gasteiger partial charge in [-0.2, -0.15) is 0 Å². The van der Waals surface area contributed by atoms with E-state index in [0.717, 1.165) is 4.90 Å². The first-order valence-corrected chi connectivity index (χ1v) is 14.3. The zero-order chi connectivity index (χ0) is 30.6. The molecule has 4 aromatic carbocycles. The second kappa shape index (κ2) is 15.0. The maximum absolute atomic E-state index is 13.4. The molecule has 0 bridgehead atoms. The third-order valence-electron chi connectivity index (χ3n) is 5.95. The number of anilines is 2. The van der Waals surface area contributed by atoms with Crippen LogP contribution in [0.4, 0.5) is 11.4 Å². The highest BCUT2D eigenvalue weighted by Crippen LogP contribution is 2.23. The van der Waals surface area contributed by atoms with Crippen molar-refractivity contribution in [2.24, 2.45) is 0 Å². The average Bonchev–Trinajstić information content (AvgIpc) is 3.02. The van der Waals surface area contributed by atoms with Crippen molar-refractivity contribution in [2.45, 2.75) is 11.8 Å². The fourth-order valence-electron chi connectivity index (χ4n) is 3.86. The first-order valence-electron chi connectivity index (χ1n) is 13.3. The zero-order valence-electron chi connectivity index (χ0n) is 23.2. The number of carbonyl (C=O) groups excluding carboxylic acids is 3. The summed E-state index contributed by atoms with van der Waals surface area (Å²) in [5, 5.41) is 17.3. The first kappa shape index (κ1) is 30.6. The molecule has 43 heavy (non-hydrogen) atoms. The summed E-state index contributed by atoms with van der Waals surface area (Å²) >= 11 is 1.30. The van der Waals surface area contributed by atoms with Gasteiger partial charge in [-0.25, -0.2) is 4.79 Å². The van der Waals surface area contributed by atoms with E-state index in [2.05, 4.69) is 16.0 Å². The number of aromatic carboxylic acids is 1. The van der Waals surface area contributed by atoms with Gasteiger partial charge in [0, 0.05) is 27.4 Å². The van der Waals surface area contributed by atoms with Gasteiger partial charge in [-0.3, -0.25) is 14.4 Å². The van der Waals surface area contributed by atoms with Gasteiger partial charge in [-0.15, -0.1) is 11.8 Å². The highest BCUT2D eigenvalue weighted by atomic mass is 32.2. The maximum Gasteiger partial charge on any atom is 0.335 e. The molecule has 4 N–H and O–H groups in total. The van der Waals surface area contributed by atoms with Crippen LogP contribution in [0.15, 0.2) is 114 Å². The zero-order valence-corrected chi connectivity index (χ0v) is 24.0. The van der Waals surface area contributed by atoms with Crippen molar-refractivity contribution in [3.63, 3.8) is 0 Å². The normalized spacial score (nSPS) is 10.9. The molecule has 0 unspecified atom stereocenters. The SMILES string of the molecule is CCOc1ccccc1/C=C(\NC(=O)c1ccccc1)C(=O)Nc1ccc(SCC(=O)Nc2ccc(C(=O)O)cc2)cc1. The number of hydrogen-bond donors (Lipinski definition) is 4. The van der Waals surface area contributed by atoms with Crippen molar-refractivity contribution in [2.75, 3.05) is 23.0 Å². The van der Waals surface area contributed by atoms with E-state index in [0.29, 0.717) is 34.9 Å². The van der Waals surface area contributed by atoms with Crippen LogP contribution in [0.1, 0.15) is 33.2 Å². The number of benzene rings is 4. The molecule has 0 saturated heterocycles. The van der Waals surface area contributed by atoms with Crippen molar-refractivity contribution in [1.82, 2.24) is 5.32 Å². The van der Waals surface area contributed by atoms with Crippen LogP contribution in [0.5, 0.6) is 5.75 Å². The van der Waals surface area contributed by atoms with Crippen LogP contribution in [-0.4, -0.2) is 41.2 Å². The maximum atomic E-state index is 13.4. The molecule has 10 heteroatoms. The molecule has 0 fully saturated rings. The fourth-order valence-corrected chi connectivity index (χ4v) is 4.56. The number of thioether (sulfide) groups is 1. The van der Waals surface area contributed by atoms with Crippen molar-refractivity contribution in [3.05, 3.63) is 126 Å². The summed E-state index contributed by atoms with van der Waals surface area (Å²) in [6.45, 7) is 2.30. The number of hydrogen-bond acceptors (Lipinski definition) is 6. The van der Waals surface area contributed by atoms with Gasteiger partial charge >= 0.3 is 5.97 Å². The van der Waals surface area contributed by atoms with Gasteiger partial charge < -0.3 is 25.8 Å². The molecule has 0 spiro atoms. The van der Waals surface area contributed by atoms with Gasteiger partial charge in [-0.1, -0.05) is 36.4 Å². The Morgan fingerprint density at radius 1 is 0.767 bits per heavy atom. The predicted molar refractivity (Wildman–Crippen MR) is 167 cm³/mol. The number of para-hydroxylation sites is 1. The molecule has 9 nitrogen and oxygen atoms in total. The number of carboxylic acid groups (broad SMARTS) is 1. The summed E-state index contributed by atoms with van der Waals surface area (Å²) in [6, 6.07) is 28.7. The van der Waals surface area contributed by atoms with E-state index in [1.807, 2.05) is 19.1 Å². The monoisotopic (exact) mass is 595 g/mol. The number of nitrogens with one attached hydrogen (secondary N) is 3. The van der Waals surface area contributed by atoms with Crippen molar-refractivity contribution < 1.29 is 29.0 Å². The molecule has 0 saturated carbocycles. The molecule has 0 heterocycles. The summed E-state index contributed by atoms with van der Waals surface area (Å²) in [6.07, 6.45) is 1.57. The van der Waals surface area contributed by atoms with Crippen molar-refractivity contribution in [3.8, 4) is 5.75 Å². The van der Waals surface area contributed by atoms with E-state index in [1.165, 1.54) is 36.0 Å². The number of carbonyl (C=O) groups is 4. The van der Waals surface area contributed by atoms with E-state index in [1.54, 1.807) is 72.8 Å². The van der Waals surface area contributed by atoms with Crippen molar-refractivity contribution >= 4 is 52.9 Å². The van der Waals surface area contributed by atoms with E-state index in [4.69, 9.17) is 9.84 Å². The van der Waals surface area contributed by atoms with Crippen LogP contribution >= 0.6 is 11.8 Å². The van der Waals surface area contributed by atoms with Gasteiger partial charge in [-0.05, 0) is 79.7 Å². The Morgan fingerprint density at radius 2 is 1.40 bits per heavy atom. The molecule has 3 amide bonds. The Kier molecular flexibility index (Phi) is 10.7. The van der Waals surface area contributed by atoms with Crippen LogP contribution in [0.3, 0.4) is 0 Å². The summed E-state index contributed by atoms with van der Waals surface area (Å²) in [5.41, 5.74) is 2.20. The molecule has 0 radical (unpaired) electrons. The predicted octanol–water partition coefficient (Wildman–Crippen LogP) is 5.92. The molecule has 0 aromatic heterocycles. The molecule has 0 aliphatic carbocycles. The van der Waals surface area contributed by atoms with Gasteiger partial charge in [0.25, 0.3) is 11.8 Å². The van der Waals surface area contributed by atoms with E-state index < -0.39 is 17.8 Å². The number of amides is 3. The summed E-state index contributed by atoms with van der Waals surface area (Å²) in [7, 11) is 0. The van der Waals surface area contributed by atoms with Crippen LogP contribution in [0.2, 0.25) is 0 Å². The third-order valence-corrected chi connectivity index (χ3v) is 6.96. The number of ether oxygens (including phenoxy) is 1. The molecule has 4 aromatic rings. The number of carboxylic acids is 1. The van der Waals surface area contributed by atoms with E-state index in [-0.39, 0.29) is 22.9 Å². The van der Waals surface area contributed by atoms with Gasteiger partial charge in [0.1, 0.15) is 11.4 Å². The Bertz CT molecular complexity index is 1620. The molecule has 0 aliphatic rings. The van der Waals surface area contributed by atoms with Gasteiger partial charge in [0.05, 0.1) is 17.9 Å². The lowest BCUT2D eigenvalue weighted by molar-refractivity contribution is -0.114. The second-order valence-electron chi connectivity index (χ2n) is 9.05. The first-order chi connectivity index (χ1) is 20.8. The molecule has 4 rings (SSSR count). The number of rotatable bonds is 12. The molecule has 218 valence electrons.